The number of hydrazone groups is 1. The third-order valence-electron chi connectivity index (χ3n) is 5.17. The Kier molecular flexibility index (Phi) is 4.39. The molecular formula is C22H17BrN2O4. The van der Waals surface area contributed by atoms with Gasteiger partial charge in [-0.05, 0) is 42.5 Å². The van der Waals surface area contributed by atoms with Crippen molar-refractivity contribution in [2.45, 2.75) is 18.7 Å². The lowest BCUT2D eigenvalue weighted by molar-refractivity contribution is -0.0191. The lowest BCUT2D eigenvalue weighted by Crippen LogP contribution is -2.33. The number of rotatable bonds is 3. The zero-order valence-electron chi connectivity index (χ0n) is 15.5. The van der Waals surface area contributed by atoms with Crippen molar-refractivity contribution in [2.24, 2.45) is 5.10 Å². The normalized spacial score (nSPS) is 19.8. The van der Waals surface area contributed by atoms with Crippen molar-refractivity contribution in [3.63, 3.8) is 0 Å². The summed E-state index contributed by atoms with van der Waals surface area (Å²) in [6.07, 6.45) is 1.96. The van der Waals surface area contributed by atoms with Gasteiger partial charge in [-0.25, -0.2) is 9.80 Å². The Hall–Kier alpha value is -3.06. The van der Waals surface area contributed by atoms with Crippen molar-refractivity contribution in [1.82, 2.24) is 5.01 Å². The van der Waals surface area contributed by atoms with E-state index >= 15 is 0 Å². The predicted octanol–water partition coefficient (Wildman–Crippen LogP) is 5.07. The highest BCUT2D eigenvalue weighted by molar-refractivity contribution is 9.10. The van der Waals surface area contributed by atoms with E-state index in [0.29, 0.717) is 5.56 Å². The van der Waals surface area contributed by atoms with Gasteiger partial charge in [-0.1, -0.05) is 28.1 Å². The number of halogens is 1. The molecule has 0 aliphatic carbocycles. The summed E-state index contributed by atoms with van der Waals surface area (Å²) in [4.78, 5) is 11.8. The van der Waals surface area contributed by atoms with Gasteiger partial charge in [0.2, 0.25) is 6.23 Å². The fourth-order valence-electron chi connectivity index (χ4n) is 3.77. The van der Waals surface area contributed by atoms with Crippen LogP contribution in [0.2, 0.25) is 0 Å². The van der Waals surface area contributed by atoms with Gasteiger partial charge < -0.3 is 13.9 Å². The molecule has 2 unspecified atom stereocenters. The number of carbonyl (C=O) groups excluding carboxylic acids is 1. The largest absolute Gasteiger partial charge is 0.465 e. The van der Waals surface area contributed by atoms with Crippen LogP contribution in [-0.2, 0) is 4.74 Å². The monoisotopic (exact) mass is 452 g/mol. The standard InChI is InChI=1S/C22H17BrN2O4/c1-27-22(26)14-6-4-13(5-7-14)21-25-18(12-17(24-25)20-3-2-10-28-20)16-11-15(23)8-9-19(16)29-21/h2-11,18,21H,12H2,1H3. The molecule has 1 aromatic heterocycles. The van der Waals surface area contributed by atoms with Crippen LogP contribution in [0.1, 0.15) is 45.9 Å². The third kappa shape index (κ3) is 3.11. The van der Waals surface area contributed by atoms with Crippen molar-refractivity contribution < 1.29 is 18.7 Å². The van der Waals surface area contributed by atoms with E-state index in [1.165, 1.54) is 7.11 Å². The summed E-state index contributed by atoms with van der Waals surface area (Å²) < 4.78 is 17.7. The number of esters is 1. The summed E-state index contributed by atoms with van der Waals surface area (Å²) in [6.45, 7) is 0. The number of methoxy groups -OCH3 is 1. The summed E-state index contributed by atoms with van der Waals surface area (Å²) >= 11 is 3.56. The fraction of sp³-hybridized carbons (Fsp3) is 0.182. The van der Waals surface area contributed by atoms with Gasteiger partial charge in [-0.3, -0.25) is 0 Å². The van der Waals surface area contributed by atoms with Crippen LogP contribution in [-0.4, -0.2) is 23.8 Å². The Bertz CT molecular complexity index is 1090. The molecule has 0 amide bonds. The molecule has 2 aliphatic rings. The van der Waals surface area contributed by atoms with Crippen LogP contribution >= 0.6 is 15.9 Å². The molecule has 6 nitrogen and oxygen atoms in total. The second kappa shape index (κ2) is 7.08. The average Bonchev–Trinajstić information content (AvgIpc) is 3.43. The van der Waals surface area contributed by atoms with Crippen molar-refractivity contribution in [3.8, 4) is 5.75 Å². The van der Waals surface area contributed by atoms with Crippen molar-refractivity contribution >= 4 is 27.6 Å². The van der Waals surface area contributed by atoms with E-state index in [1.807, 2.05) is 41.4 Å². The molecule has 0 N–H and O–H groups in total. The average molecular weight is 453 g/mol. The Morgan fingerprint density at radius 2 is 2.03 bits per heavy atom. The molecule has 7 heteroatoms. The summed E-state index contributed by atoms with van der Waals surface area (Å²) in [5, 5.41) is 6.81. The van der Waals surface area contributed by atoms with E-state index in [4.69, 9.17) is 19.0 Å². The SMILES string of the molecule is COC(=O)c1ccc(C2Oc3ccc(Br)cc3C3CC(c4ccco4)=NN32)cc1. The summed E-state index contributed by atoms with van der Waals surface area (Å²) in [5.41, 5.74) is 3.36. The first-order chi connectivity index (χ1) is 14.1. The number of benzene rings is 2. The smallest absolute Gasteiger partial charge is 0.337 e. The second-order valence-electron chi connectivity index (χ2n) is 6.89. The van der Waals surface area contributed by atoms with Crippen LogP contribution in [0.3, 0.4) is 0 Å². The minimum absolute atomic E-state index is 0.0293. The number of furan rings is 1. The van der Waals surface area contributed by atoms with E-state index in [0.717, 1.165) is 39.2 Å². The van der Waals surface area contributed by atoms with Crippen LogP contribution in [0.25, 0.3) is 0 Å². The highest BCUT2D eigenvalue weighted by Gasteiger charge is 2.41. The Morgan fingerprint density at radius 1 is 1.21 bits per heavy atom. The molecular weight excluding hydrogens is 436 g/mol. The van der Waals surface area contributed by atoms with Gasteiger partial charge in [0.15, 0.2) is 0 Å². The van der Waals surface area contributed by atoms with Crippen LogP contribution in [0.5, 0.6) is 5.75 Å². The van der Waals surface area contributed by atoms with Gasteiger partial charge in [0.1, 0.15) is 17.2 Å². The fourth-order valence-corrected chi connectivity index (χ4v) is 4.15. The van der Waals surface area contributed by atoms with Crippen LogP contribution in [0, 0.1) is 0 Å². The number of fused-ring (bicyclic) bond motifs is 3. The van der Waals surface area contributed by atoms with Crippen LogP contribution in [0.4, 0.5) is 0 Å². The van der Waals surface area contributed by atoms with Gasteiger partial charge in [-0.15, -0.1) is 0 Å². The zero-order valence-corrected chi connectivity index (χ0v) is 17.1. The molecule has 2 aromatic carbocycles. The lowest BCUT2D eigenvalue weighted by atomic mass is 9.97. The minimum Gasteiger partial charge on any atom is -0.465 e. The summed E-state index contributed by atoms with van der Waals surface area (Å²) in [7, 11) is 1.37. The second-order valence-corrected chi connectivity index (χ2v) is 7.81. The van der Waals surface area contributed by atoms with Gasteiger partial charge >= 0.3 is 5.97 Å². The first-order valence-electron chi connectivity index (χ1n) is 9.18. The molecule has 2 atom stereocenters. The van der Waals surface area contributed by atoms with Gasteiger partial charge in [0, 0.05) is 22.0 Å². The number of hydrogen-bond donors (Lipinski definition) is 0. The molecule has 146 valence electrons. The van der Waals surface area contributed by atoms with Crippen molar-refractivity contribution in [2.75, 3.05) is 7.11 Å². The molecule has 0 bridgehead atoms. The molecule has 3 aromatic rings. The summed E-state index contributed by atoms with van der Waals surface area (Å²) in [6, 6.07) is 17.0. The zero-order chi connectivity index (χ0) is 20.0. The molecule has 0 saturated heterocycles. The van der Waals surface area contributed by atoms with E-state index in [2.05, 4.69) is 22.0 Å². The van der Waals surface area contributed by atoms with Gasteiger partial charge in [0.05, 0.1) is 25.0 Å². The van der Waals surface area contributed by atoms with Gasteiger partial charge in [0.25, 0.3) is 0 Å². The maximum Gasteiger partial charge on any atom is 0.337 e. The molecule has 0 fully saturated rings. The number of hydrogen-bond acceptors (Lipinski definition) is 6. The predicted molar refractivity (Wildman–Crippen MR) is 110 cm³/mol. The maximum absolute atomic E-state index is 11.8. The number of nitrogens with zero attached hydrogens (tertiary/aromatic N) is 2. The first kappa shape index (κ1) is 18.0. The Morgan fingerprint density at radius 3 is 2.76 bits per heavy atom. The topological polar surface area (TPSA) is 64.3 Å². The third-order valence-corrected chi connectivity index (χ3v) is 5.67. The van der Waals surface area contributed by atoms with Crippen LogP contribution < -0.4 is 4.74 Å². The van der Waals surface area contributed by atoms with E-state index in [9.17, 15) is 4.79 Å². The quantitative estimate of drug-likeness (QED) is 0.518. The number of ether oxygens (including phenoxy) is 2. The van der Waals surface area contributed by atoms with E-state index < -0.39 is 6.23 Å². The van der Waals surface area contributed by atoms with Crippen LogP contribution in [0.15, 0.2) is 74.9 Å². The minimum atomic E-state index is -0.409. The molecule has 0 spiro atoms. The maximum atomic E-state index is 11.8. The molecule has 29 heavy (non-hydrogen) atoms. The van der Waals surface area contributed by atoms with E-state index in [1.54, 1.807) is 18.4 Å². The van der Waals surface area contributed by atoms with Crippen molar-refractivity contribution in [1.29, 1.82) is 0 Å². The highest BCUT2D eigenvalue weighted by atomic mass is 79.9. The highest BCUT2D eigenvalue weighted by Crippen LogP contribution is 2.48. The van der Waals surface area contributed by atoms with Gasteiger partial charge in [-0.2, -0.15) is 5.10 Å². The molecule has 3 heterocycles. The lowest BCUT2D eigenvalue weighted by Gasteiger charge is -2.38. The van der Waals surface area contributed by atoms with Crippen molar-refractivity contribution in [3.05, 3.63) is 87.8 Å². The molecule has 5 rings (SSSR count). The Labute approximate surface area is 175 Å². The number of carbonyl (C=O) groups is 1. The Balaban J connectivity index is 1.56. The molecule has 0 saturated carbocycles. The molecule has 0 radical (unpaired) electrons. The summed E-state index contributed by atoms with van der Waals surface area (Å²) in [5.74, 6) is 1.22. The molecule has 2 aliphatic heterocycles. The van der Waals surface area contributed by atoms with E-state index in [-0.39, 0.29) is 12.0 Å². The first-order valence-corrected chi connectivity index (χ1v) is 9.97.